The summed E-state index contributed by atoms with van der Waals surface area (Å²) in [6, 6.07) is 0. The summed E-state index contributed by atoms with van der Waals surface area (Å²) in [6.07, 6.45) is -3.33. The lowest BCUT2D eigenvalue weighted by atomic mass is 10.1. The van der Waals surface area contributed by atoms with E-state index in [2.05, 4.69) is 14.7 Å². The fourth-order valence-corrected chi connectivity index (χ4v) is 1.45. The van der Waals surface area contributed by atoms with Gasteiger partial charge in [0.1, 0.15) is 11.5 Å². The van der Waals surface area contributed by atoms with E-state index >= 15 is 0 Å². The smallest absolute Gasteiger partial charge is 0.422 e. The van der Waals surface area contributed by atoms with E-state index in [0.29, 0.717) is 5.56 Å². The van der Waals surface area contributed by atoms with E-state index in [9.17, 15) is 13.2 Å². The number of aromatic nitrogens is 2. The van der Waals surface area contributed by atoms with Crippen molar-refractivity contribution in [3.05, 3.63) is 17.0 Å². The highest BCUT2D eigenvalue weighted by Crippen LogP contribution is 2.30. The molecule has 1 aromatic rings. The SMILES string of the molecule is CC(C)c1c(Cl)ncnc1OCC(F)(F)F. The predicted molar refractivity (Wildman–Crippen MR) is 52.7 cm³/mol. The standard InChI is InChI=1S/C9H10ClF3N2O/c1-5(2)6-7(10)14-4-15-8(6)16-3-9(11,12)13/h4-5H,3H2,1-2H3. The Morgan fingerprint density at radius 1 is 1.38 bits per heavy atom. The van der Waals surface area contributed by atoms with Gasteiger partial charge in [0.15, 0.2) is 6.61 Å². The van der Waals surface area contributed by atoms with E-state index in [1.165, 1.54) is 0 Å². The Morgan fingerprint density at radius 3 is 2.50 bits per heavy atom. The van der Waals surface area contributed by atoms with Crippen molar-refractivity contribution in [3.8, 4) is 5.88 Å². The molecule has 0 radical (unpaired) electrons. The molecular formula is C9H10ClF3N2O. The van der Waals surface area contributed by atoms with Crippen LogP contribution in [-0.4, -0.2) is 22.8 Å². The van der Waals surface area contributed by atoms with Gasteiger partial charge in [-0.05, 0) is 5.92 Å². The summed E-state index contributed by atoms with van der Waals surface area (Å²) in [4.78, 5) is 7.34. The number of halogens is 4. The zero-order valence-electron chi connectivity index (χ0n) is 8.68. The molecule has 1 heterocycles. The monoisotopic (exact) mass is 254 g/mol. The van der Waals surface area contributed by atoms with Crippen molar-refractivity contribution in [1.29, 1.82) is 0 Å². The van der Waals surface area contributed by atoms with Crippen molar-refractivity contribution < 1.29 is 17.9 Å². The second-order valence-corrected chi connectivity index (χ2v) is 3.80. The van der Waals surface area contributed by atoms with Crippen LogP contribution in [0.25, 0.3) is 0 Å². The lowest BCUT2D eigenvalue weighted by Gasteiger charge is -2.14. The van der Waals surface area contributed by atoms with Crippen molar-refractivity contribution in [2.75, 3.05) is 6.61 Å². The van der Waals surface area contributed by atoms with Gasteiger partial charge in [0.05, 0.1) is 5.56 Å². The van der Waals surface area contributed by atoms with Gasteiger partial charge in [-0.2, -0.15) is 13.2 Å². The lowest BCUT2D eigenvalue weighted by Crippen LogP contribution is -2.20. The molecular weight excluding hydrogens is 245 g/mol. The first-order valence-electron chi connectivity index (χ1n) is 4.51. The van der Waals surface area contributed by atoms with Crippen LogP contribution in [0.4, 0.5) is 13.2 Å². The van der Waals surface area contributed by atoms with Crippen LogP contribution >= 0.6 is 11.6 Å². The maximum Gasteiger partial charge on any atom is 0.422 e. The van der Waals surface area contributed by atoms with E-state index in [1.807, 2.05) is 0 Å². The second kappa shape index (κ2) is 4.86. The summed E-state index contributed by atoms with van der Waals surface area (Å²) in [5, 5.41) is 0.113. The molecule has 1 aromatic heterocycles. The minimum absolute atomic E-state index is 0.113. The summed E-state index contributed by atoms with van der Waals surface area (Å²) < 4.78 is 40.5. The third-order valence-electron chi connectivity index (χ3n) is 1.75. The number of hydrogen-bond donors (Lipinski definition) is 0. The Bertz CT molecular complexity index is 368. The number of nitrogens with zero attached hydrogens (tertiary/aromatic N) is 2. The van der Waals surface area contributed by atoms with Gasteiger partial charge < -0.3 is 4.74 Å². The van der Waals surface area contributed by atoms with Gasteiger partial charge in [0.25, 0.3) is 0 Å². The minimum Gasteiger partial charge on any atom is -0.468 e. The first kappa shape index (κ1) is 13.0. The maximum atomic E-state index is 12.0. The highest BCUT2D eigenvalue weighted by Gasteiger charge is 2.29. The van der Waals surface area contributed by atoms with Gasteiger partial charge in [-0.1, -0.05) is 25.4 Å². The average molecular weight is 255 g/mol. The molecule has 16 heavy (non-hydrogen) atoms. The van der Waals surface area contributed by atoms with E-state index in [1.54, 1.807) is 13.8 Å². The molecule has 0 unspecified atom stereocenters. The van der Waals surface area contributed by atoms with E-state index in [4.69, 9.17) is 11.6 Å². The first-order valence-corrected chi connectivity index (χ1v) is 4.89. The molecule has 1 rings (SSSR count). The van der Waals surface area contributed by atoms with E-state index in [-0.39, 0.29) is 17.0 Å². The van der Waals surface area contributed by atoms with Crippen LogP contribution in [0.1, 0.15) is 25.3 Å². The number of rotatable bonds is 3. The van der Waals surface area contributed by atoms with Gasteiger partial charge in [-0.25, -0.2) is 9.97 Å². The molecule has 0 aliphatic carbocycles. The highest BCUT2D eigenvalue weighted by molar-refractivity contribution is 6.30. The molecule has 0 spiro atoms. The summed E-state index contributed by atoms with van der Waals surface area (Å²) in [6.45, 7) is 2.15. The fraction of sp³-hybridized carbons (Fsp3) is 0.556. The Morgan fingerprint density at radius 2 is 2.00 bits per heavy atom. The van der Waals surface area contributed by atoms with E-state index < -0.39 is 12.8 Å². The Labute approximate surface area is 95.6 Å². The molecule has 0 aliphatic heterocycles. The third-order valence-corrected chi connectivity index (χ3v) is 2.05. The quantitative estimate of drug-likeness (QED) is 0.777. The van der Waals surface area contributed by atoms with Crippen LogP contribution in [0.15, 0.2) is 6.33 Å². The molecule has 0 saturated heterocycles. The molecule has 90 valence electrons. The molecule has 0 atom stereocenters. The van der Waals surface area contributed by atoms with Crippen molar-refractivity contribution in [3.63, 3.8) is 0 Å². The largest absolute Gasteiger partial charge is 0.468 e. The van der Waals surface area contributed by atoms with Crippen LogP contribution in [0, 0.1) is 0 Å². The van der Waals surface area contributed by atoms with Crippen LogP contribution in [0.2, 0.25) is 5.15 Å². The average Bonchev–Trinajstić information content (AvgIpc) is 2.12. The maximum absolute atomic E-state index is 12.0. The minimum atomic E-state index is -4.40. The third kappa shape index (κ3) is 3.52. The van der Waals surface area contributed by atoms with Gasteiger partial charge in [-0.15, -0.1) is 0 Å². The predicted octanol–water partition coefficient (Wildman–Crippen LogP) is 3.19. The van der Waals surface area contributed by atoms with Crippen LogP contribution in [0.3, 0.4) is 0 Å². The number of hydrogen-bond acceptors (Lipinski definition) is 3. The zero-order valence-corrected chi connectivity index (χ0v) is 9.43. The Balaban J connectivity index is 2.91. The van der Waals surface area contributed by atoms with Gasteiger partial charge in [0.2, 0.25) is 5.88 Å². The molecule has 0 fully saturated rings. The molecule has 0 N–H and O–H groups in total. The van der Waals surface area contributed by atoms with Gasteiger partial charge in [0, 0.05) is 0 Å². The fourth-order valence-electron chi connectivity index (χ4n) is 1.11. The normalized spacial score (nSPS) is 11.9. The first-order chi connectivity index (χ1) is 7.31. The molecule has 0 amide bonds. The molecule has 7 heteroatoms. The molecule has 0 aliphatic rings. The number of ether oxygens (including phenoxy) is 1. The summed E-state index contributed by atoms with van der Waals surface area (Å²) in [7, 11) is 0. The van der Waals surface area contributed by atoms with Crippen molar-refractivity contribution in [2.24, 2.45) is 0 Å². The zero-order chi connectivity index (χ0) is 12.3. The summed E-state index contributed by atoms with van der Waals surface area (Å²) >= 11 is 5.76. The van der Waals surface area contributed by atoms with Crippen LogP contribution in [0.5, 0.6) is 5.88 Å². The number of alkyl halides is 3. The molecule has 0 saturated carbocycles. The summed E-state index contributed by atoms with van der Waals surface area (Å²) in [5.74, 6) is -0.232. The molecule has 3 nitrogen and oxygen atoms in total. The van der Waals surface area contributed by atoms with Crippen molar-refractivity contribution in [1.82, 2.24) is 9.97 Å². The Kier molecular flexibility index (Phi) is 3.96. The van der Waals surface area contributed by atoms with Crippen LogP contribution < -0.4 is 4.74 Å². The topological polar surface area (TPSA) is 35.0 Å². The molecule has 0 bridgehead atoms. The van der Waals surface area contributed by atoms with Gasteiger partial charge in [-0.3, -0.25) is 0 Å². The lowest BCUT2D eigenvalue weighted by molar-refractivity contribution is -0.154. The summed E-state index contributed by atoms with van der Waals surface area (Å²) in [5.41, 5.74) is 0.383. The highest BCUT2D eigenvalue weighted by atomic mass is 35.5. The second-order valence-electron chi connectivity index (χ2n) is 3.44. The van der Waals surface area contributed by atoms with Crippen molar-refractivity contribution in [2.45, 2.75) is 25.9 Å². The van der Waals surface area contributed by atoms with Crippen molar-refractivity contribution >= 4 is 11.6 Å². The van der Waals surface area contributed by atoms with E-state index in [0.717, 1.165) is 6.33 Å². The van der Waals surface area contributed by atoms with Gasteiger partial charge >= 0.3 is 6.18 Å². The van der Waals surface area contributed by atoms with Crippen LogP contribution in [-0.2, 0) is 0 Å². The molecule has 0 aromatic carbocycles. The Hall–Kier alpha value is -1.04.